The topological polar surface area (TPSA) is 57.6 Å². The van der Waals surface area contributed by atoms with Gasteiger partial charge in [0.15, 0.2) is 0 Å². The van der Waals surface area contributed by atoms with Crippen molar-refractivity contribution in [2.75, 3.05) is 13.6 Å². The highest BCUT2D eigenvalue weighted by Gasteiger charge is 2.12. The van der Waals surface area contributed by atoms with Gasteiger partial charge in [-0.2, -0.15) is 12.7 Å². The number of rotatable bonds is 4. The zero-order chi connectivity index (χ0) is 10.6. The average Bonchev–Trinajstić information content (AvgIpc) is 2.14. The Balaban J connectivity index is 2.50. The Morgan fingerprint density at radius 2 is 1.86 bits per heavy atom. The number of hydrogen-bond acceptors (Lipinski definition) is 2. The lowest BCUT2D eigenvalue weighted by Crippen LogP contribution is -2.28. The maximum absolute atomic E-state index is 10.6. The molecule has 1 N–H and O–H groups in total. The Kier molecular flexibility index (Phi) is 3.62. The van der Waals surface area contributed by atoms with E-state index in [0.29, 0.717) is 6.42 Å². The molecule has 1 aromatic rings. The van der Waals surface area contributed by atoms with Gasteiger partial charge in [-0.3, -0.25) is 4.55 Å². The lowest BCUT2D eigenvalue weighted by Gasteiger charge is -2.11. The van der Waals surface area contributed by atoms with Crippen LogP contribution in [-0.2, 0) is 16.7 Å². The molecule has 0 unspecified atom stereocenters. The van der Waals surface area contributed by atoms with E-state index in [1.54, 1.807) is 0 Å². The molecule has 0 aliphatic rings. The van der Waals surface area contributed by atoms with Gasteiger partial charge in [0.05, 0.1) is 0 Å². The minimum Gasteiger partial charge on any atom is -0.273 e. The summed E-state index contributed by atoms with van der Waals surface area (Å²) in [6.45, 7) is 0.281. The molecule has 0 bridgehead atoms. The number of benzene rings is 1. The maximum atomic E-state index is 10.6. The van der Waals surface area contributed by atoms with Crippen LogP contribution < -0.4 is 0 Å². The van der Waals surface area contributed by atoms with Crippen molar-refractivity contribution in [2.45, 2.75) is 6.42 Å². The molecular formula is C9H13NO3S. The minimum atomic E-state index is -4.04. The third kappa shape index (κ3) is 3.45. The molecule has 0 aliphatic heterocycles. The third-order valence-corrected chi connectivity index (χ3v) is 2.92. The van der Waals surface area contributed by atoms with E-state index in [-0.39, 0.29) is 6.54 Å². The van der Waals surface area contributed by atoms with Gasteiger partial charge in [-0.15, -0.1) is 0 Å². The zero-order valence-electron chi connectivity index (χ0n) is 7.92. The molecule has 0 atom stereocenters. The van der Waals surface area contributed by atoms with Crippen LogP contribution >= 0.6 is 0 Å². The first-order chi connectivity index (χ1) is 6.50. The van der Waals surface area contributed by atoms with Crippen LogP contribution in [0.2, 0.25) is 0 Å². The van der Waals surface area contributed by atoms with E-state index in [2.05, 4.69) is 0 Å². The summed E-state index contributed by atoms with van der Waals surface area (Å²) >= 11 is 0. The van der Waals surface area contributed by atoms with E-state index < -0.39 is 10.3 Å². The summed E-state index contributed by atoms with van der Waals surface area (Å²) in [5, 5.41) is 0. The minimum absolute atomic E-state index is 0.281. The van der Waals surface area contributed by atoms with Crippen LogP contribution in [0.1, 0.15) is 5.56 Å². The molecule has 0 heterocycles. The molecule has 1 rings (SSSR count). The molecule has 0 saturated carbocycles. The van der Waals surface area contributed by atoms with Crippen LogP contribution in [0.5, 0.6) is 0 Å². The van der Waals surface area contributed by atoms with Crippen LogP contribution in [0.15, 0.2) is 30.3 Å². The van der Waals surface area contributed by atoms with Gasteiger partial charge in [-0.25, -0.2) is 0 Å². The summed E-state index contributed by atoms with van der Waals surface area (Å²) in [7, 11) is -2.69. The molecule has 0 aromatic heterocycles. The van der Waals surface area contributed by atoms with Crippen molar-refractivity contribution in [2.24, 2.45) is 0 Å². The fraction of sp³-hybridized carbons (Fsp3) is 0.333. The molecule has 5 heteroatoms. The monoisotopic (exact) mass is 215 g/mol. The molecule has 0 radical (unpaired) electrons. The SMILES string of the molecule is CN(CCc1ccccc1)S(=O)(=O)O. The van der Waals surface area contributed by atoms with Crippen molar-refractivity contribution in [3.8, 4) is 0 Å². The molecule has 0 saturated heterocycles. The van der Waals surface area contributed by atoms with Crippen LogP contribution in [0, 0.1) is 0 Å². The average molecular weight is 215 g/mol. The number of hydrogen-bond donors (Lipinski definition) is 1. The summed E-state index contributed by atoms with van der Waals surface area (Å²) < 4.78 is 30.8. The Hall–Kier alpha value is -0.910. The molecule has 1 aromatic carbocycles. The smallest absolute Gasteiger partial charge is 0.273 e. The van der Waals surface area contributed by atoms with Gasteiger partial charge in [-0.05, 0) is 12.0 Å². The van der Waals surface area contributed by atoms with Gasteiger partial charge < -0.3 is 0 Å². The second-order valence-electron chi connectivity index (χ2n) is 3.03. The van der Waals surface area contributed by atoms with Crippen LogP contribution in [0.3, 0.4) is 0 Å². The van der Waals surface area contributed by atoms with Crippen molar-refractivity contribution in [1.29, 1.82) is 0 Å². The van der Waals surface area contributed by atoms with E-state index in [9.17, 15) is 8.42 Å². The highest BCUT2D eigenvalue weighted by atomic mass is 32.2. The van der Waals surface area contributed by atoms with Gasteiger partial charge in [0.1, 0.15) is 0 Å². The quantitative estimate of drug-likeness (QED) is 0.761. The normalized spacial score (nSPS) is 11.9. The molecule has 78 valence electrons. The van der Waals surface area contributed by atoms with Crippen LogP contribution in [-0.4, -0.2) is 30.9 Å². The highest BCUT2D eigenvalue weighted by Crippen LogP contribution is 2.02. The second-order valence-corrected chi connectivity index (χ2v) is 4.55. The molecule has 4 nitrogen and oxygen atoms in total. The molecule has 0 amide bonds. The van der Waals surface area contributed by atoms with E-state index in [1.807, 2.05) is 30.3 Å². The van der Waals surface area contributed by atoms with Crippen molar-refractivity contribution in [1.82, 2.24) is 4.31 Å². The van der Waals surface area contributed by atoms with E-state index in [1.165, 1.54) is 7.05 Å². The van der Waals surface area contributed by atoms with Crippen molar-refractivity contribution < 1.29 is 13.0 Å². The summed E-state index contributed by atoms with van der Waals surface area (Å²) in [6.07, 6.45) is 0.594. The first kappa shape index (κ1) is 11.2. The van der Waals surface area contributed by atoms with E-state index >= 15 is 0 Å². The standard InChI is InChI=1S/C9H13NO3S/c1-10(14(11,12)13)8-7-9-5-3-2-4-6-9/h2-6H,7-8H2,1H3,(H,11,12,13). The van der Waals surface area contributed by atoms with Gasteiger partial charge in [0, 0.05) is 13.6 Å². The Morgan fingerprint density at radius 1 is 1.29 bits per heavy atom. The van der Waals surface area contributed by atoms with Crippen molar-refractivity contribution in [3.05, 3.63) is 35.9 Å². The van der Waals surface area contributed by atoms with Gasteiger partial charge in [0.25, 0.3) is 0 Å². The van der Waals surface area contributed by atoms with Crippen LogP contribution in [0.25, 0.3) is 0 Å². The largest absolute Gasteiger partial charge is 0.335 e. The zero-order valence-corrected chi connectivity index (χ0v) is 8.74. The molecule has 0 spiro atoms. The molecule has 14 heavy (non-hydrogen) atoms. The van der Waals surface area contributed by atoms with Gasteiger partial charge in [0.2, 0.25) is 0 Å². The number of likely N-dealkylation sites (N-methyl/N-ethyl adjacent to an activating group) is 1. The summed E-state index contributed by atoms with van der Waals surface area (Å²) in [6, 6.07) is 9.51. The number of nitrogens with zero attached hydrogens (tertiary/aromatic N) is 1. The maximum Gasteiger partial charge on any atom is 0.335 e. The molecule has 0 fully saturated rings. The predicted molar refractivity (Wildman–Crippen MR) is 54.3 cm³/mol. The summed E-state index contributed by atoms with van der Waals surface area (Å²) in [5.41, 5.74) is 1.04. The lowest BCUT2D eigenvalue weighted by atomic mass is 10.2. The van der Waals surface area contributed by atoms with E-state index in [4.69, 9.17) is 4.55 Å². The Bertz CT molecular complexity index is 374. The lowest BCUT2D eigenvalue weighted by molar-refractivity contribution is 0.389. The molecular weight excluding hydrogens is 202 g/mol. The second kappa shape index (κ2) is 4.54. The third-order valence-electron chi connectivity index (χ3n) is 1.95. The first-order valence-electron chi connectivity index (χ1n) is 4.23. The fourth-order valence-electron chi connectivity index (χ4n) is 1.05. The van der Waals surface area contributed by atoms with Gasteiger partial charge in [-0.1, -0.05) is 30.3 Å². The predicted octanol–water partition coefficient (Wildman–Crippen LogP) is 0.964. The van der Waals surface area contributed by atoms with Crippen molar-refractivity contribution in [3.63, 3.8) is 0 Å². The highest BCUT2D eigenvalue weighted by molar-refractivity contribution is 7.83. The Morgan fingerprint density at radius 3 is 2.36 bits per heavy atom. The van der Waals surface area contributed by atoms with Crippen LogP contribution in [0.4, 0.5) is 0 Å². The van der Waals surface area contributed by atoms with E-state index in [0.717, 1.165) is 9.87 Å². The fourth-order valence-corrected chi connectivity index (χ4v) is 1.37. The van der Waals surface area contributed by atoms with Crippen molar-refractivity contribution >= 4 is 10.3 Å². The first-order valence-corrected chi connectivity index (χ1v) is 5.62. The van der Waals surface area contributed by atoms with Gasteiger partial charge >= 0.3 is 10.3 Å². The summed E-state index contributed by atoms with van der Waals surface area (Å²) in [5.74, 6) is 0. The Labute approximate surface area is 84.1 Å². The summed E-state index contributed by atoms with van der Waals surface area (Å²) in [4.78, 5) is 0. The molecule has 0 aliphatic carbocycles.